The third-order valence-electron chi connectivity index (χ3n) is 4.44. The maximum Gasteiger partial charge on any atom is 0.340 e. The van der Waals surface area contributed by atoms with Crippen molar-refractivity contribution in [3.8, 4) is 11.5 Å². The number of carbonyl (C=O) groups is 2. The molecule has 0 saturated carbocycles. The topological polar surface area (TPSA) is 97.6 Å². The molecule has 0 bridgehead atoms. The predicted molar refractivity (Wildman–Crippen MR) is 118 cm³/mol. The van der Waals surface area contributed by atoms with Crippen LogP contribution in [0.4, 0.5) is 0 Å². The van der Waals surface area contributed by atoms with Gasteiger partial charge in [-0.2, -0.15) is 5.10 Å². The zero-order chi connectivity index (χ0) is 22.2. The van der Waals surface area contributed by atoms with Gasteiger partial charge in [0, 0.05) is 16.7 Å². The van der Waals surface area contributed by atoms with Gasteiger partial charge in [-0.3, -0.25) is 4.79 Å². The number of carboxylic acids is 1. The van der Waals surface area contributed by atoms with Crippen LogP contribution < -0.4 is 9.47 Å². The van der Waals surface area contributed by atoms with Gasteiger partial charge in [0.15, 0.2) is 11.5 Å². The number of aromatic carboxylic acids is 1. The van der Waals surface area contributed by atoms with Crippen molar-refractivity contribution in [2.24, 2.45) is 10.2 Å². The highest BCUT2D eigenvalue weighted by atomic mass is 16.5. The molecule has 7 nitrogen and oxygen atoms in total. The van der Waals surface area contributed by atoms with Crippen molar-refractivity contribution < 1.29 is 24.2 Å². The van der Waals surface area contributed by atoms with E-state index in [0.29, 0.717) is 11.1 Å². The quantitative estimate of drug-likeness (QED) is 0.339. The molecule has 7 heteroatoms. The largest absolute Gasteiger partial charge is 0.493 e. The molecule has 0 heterocycles. The molecule has 0 saturated heterocycles. The molecule has 0 radical (unpaired) electrons. The number of ketones is 1. The van der Waals surface area contributed by atoms with Crippen LogP contribution in [0, 0.1) is 0 Å². The average molecular weight is 416 g/mol. The second kappa shape index (κ2) is 9.98. The first-order valence-electron chi connectivity index (χ1n) is 9.31. The molecule has 3 aromatic carbocycles. The number of hydrogen-bond acceptors (Lipinski definition) is 6. The molecule has 0 aliphatic heterocycles. The fraction of sp³-hybridized carbons (Fsp3) is 0.0833. The summed E-state index contributed by atoms with van der Waals surface area (Å²) in [5.74, 6) is -1.14. The Labute approximate surface area is 179 Å². The summed E-state index contributed by atoms with van der Waals surface area (Å²) < 4.78 is 10.4. The molecule has 0 atom stereocenters. The van der Waals surface area contributed by atoms with Crippen molar-refractivity contribution in [3.63, 3.8) is 0 Å². The van der Waals surface area contributed by atoms with Crippen LogP contribution in [0.15, 0.2) is 83.0 Å². The van der Waals surface area contributed by atoms with E-state index in [1.165, 1.54) is 26.5 Å². The van der Waals surface area contributed by atoms with Gasteiger partial charge < -0.3 is 14.6 Å². The molecular formula is C24H20N2O5. The van der Waals surface area contributed by atoms with Gasteiger partial charge in [0.1, 0.15) is 11.3 Å². The zero-order valence-corrected chi connectivity index (χ0v) is 17.0. The summed E-state index contributed by atoms with van der Waals surface area (Å²) in [6.07, 6.45) is 1.27. The lowest BCUT2D eigenvalue weighted by atomic mass is 10.0. The Morgan fingerprint density at radius 3 is 2.00 bits per heavy atom. The fourth-order valence-corrected chi connectivity index (χ4v) is 2.98. The number of hydrogen-bond donors (Lipinski definition) is 1. The monoisotopic (exact) mass is 416 g/mol. The van der Waals surface area contributed by atoms with Crippen LogP contribution in [0.25, 0.3) is 0 Å². The minimum absolute atomic E-state index is 0.0755. The van der Waals surface area contributed by atoms with E-state index in [9.17, 15) is 14.7 Å². The van der Waals surface area contributed by atoms with Crippen molar-refractivity contribution in [2.45, 2.75) is 0 Å². The number of carboxylic acid groups (broad SMARTS) is 1. The summed E-state index contributed by atoms with van der Waals surface area (Å²) in [6.45, 7) is 0. The third kappa shape index (κ3) is 4.84. The van der Waals surface area contributed by atoms with E-state index >= 15 is 0 Å². The Morgan fingerprint density at radius 1 is 0.839 bits per heavy atom. The Morgan fingerprint density at radius 2 is 1.45 bits per heavy atom. The molecule has 0 unspecified atom stereocenters. The van der Waals surface area contributed by atoms with Crippen LogP contribution in [0.3, 0.4) is 0 Å². The fourth-order valence-electron chi connectivity index (χ4n) is 2.98. The highest BCUT2D eigenvalue weighted by Gasteiger charge is 2.20. The van der Waals surface area contributed by atoms with Crippen molar-refractivity contribution in [1.82, 2.24) is 0 Å². The van der Waals surface area contributed by atoms with E-state index < -0.39 is 5.97 Å². The first kappa shape index (κ1) is 21.4. The number of benzene rings is 3. The maximum atomic E-state index is 13.0. The molecule has 0 aromatic heterocycles. The van der Waals surface area contributed by atoms with Crippen molar-refractivity contribution >= 4 is 23.7 Å². The third-order valence-corrected chi connectivity index (χ3v) is 4.44. The lowest BCUT2D eigenvalue weighted by Crippen LogP contribution is -2.15. The number of methoxy groups -OCH3 is 2. The second-order valence-corrected chi connectivity index (χ2v) is 6.32. The van der Waals surface area contributed by atoms with Gasteiger partial charge in [0.25, 0.3) is 0 Å². The van der Waals surface area contributed by atoms with E-state index in [4.69, 9.17) is 9.47 Å². The summed E-state index contributed by atoms with van der Waals surface area (Å²) in [4.78, 5) is 24.8. The minimum atomic E-state index is -1.20. The van der Waals surface area contributed by atoms with Gasteiger partial charge in [-0.1, -0.05) is 60.7 Å². The van der Waals surface area contributed by atoms with Gasteiger partial charge in [-0.25, -0.2) is 4.79 Å². The molecule has 3 aromatic rings. The summed E-state index contributed by atoms with van der Waals surface area (Å²) in [6, 6.07) is 20.8. The molecular weight excluding hydrogens is 396 g/mol. The molecule has 0 aliphatic carbocycles. The molecule has 1 N–H and O–H groups in total. The van der Waals surface area contributed by atoms with Crippen molar-refractivity contribution in [1.29, 1.82) is 0 Å². The smallest absolute Gasteiger partial charge is 0.340 e. The first-order valence-corrected chi connectivity index (χ1v) is 9.31. The van der Waals surface area contributed by atoms with Crippen LogP contribution in [-0.2, 0) is 0 Å². The standard InChI is InChI=1S/C24H20N2O5/c1-30-19-14-13-18(20(24(28)29)23(19)31-2)15-25-26-21(16-9-5-3-6-10-16)22(27)17-11-7-4-8-12-17/h3-15H,1-2H3,(H,28,29)/b25-15-,26-21-. The first-order chi connectivity index (χ1) is 15.1. The van der Waals surface area contributed by atoms with Crippen molar-refractivity contribution in [3.05, 3.63) is 95.1 Å². The molecule has 0 aliphatic rings. The normalized spacial score (nSPS) is 11.4. The van der Waals surface area contributed by atoms with E-state index in [-0.39, 0.29) is 34.1 Å². The summed E-state index contributed by atoms with van der Waals surface area (Å²) in [7, 11) is 2.78. The van der Waals surface area contributed by atoms with Gasteiger partial charge in [0.2, 0.25) is 5.78 Å². The van der Waals surface area contributed by atoms with Crippen molar-refractivity contribution in [2.75, 3.05) is 14.2 Å². The molecule has 31 heavy (non-hydrogen) atoms. The summed E-state index contributed by atoms with van der Waals surface area (Å²) in [5.41, 5.74) is 1.35. The molecule has 0 spiro atoms. The van der Waals surface area contributed by atoms with E-state index in [0.717, 1.165) is 0 Å². The van der Waals surface area contributed by atoms with Crippen LogP contribution in [-0.4, -0.2) is 43.0 Å². The lowest BCUT2D eigenvalue weighted by Gasteiger charge is -2.12. The number of carbonyl (C=O) groups excluding carboxylic acids is 1. The highest BCUT2D eigenvalue weighted by Crippen LogP contribution is 2.32. The SMILES string of the molecule is COc1ccc(/C=N\N=C(/C(=O)c2ccccc2)c2ccccc2)c(C(=O)O)c1OC. The summed E-state index contributed by atoms with van der Waals surface area (Å²) in [5, 5.41) is 17.8. The number of Topliss-reactive ketones (excluding diaryl/α,β-unsaturated/α-hetero) is 1. The average Bonchev–Trinajstić information content (AvgIpc) is 2.81. The molecule has 3 rings (SSSR count). The van der Waals surface area contributed by atoms with Crippen LogP contribution >= 0.6 is 0 Å². The van der Waals surface area contributed by atoms with Gasteiger partial charge in [0.05, 0.1) is 20.4 Å². The number of rotatable bonds is 8. The summed E-state index contributed by atoms with van der Waals surface area (Å²) >= 11 is 0. The van der Waals surface area contributed by atoms with Crippen LogP contribution in [0.2, 0.25) is 0 Å². The maximum absolute atomic E-state index is 13.0. The minimum Gasteiger partial charge on any atom is -0.493 e. The Hall–Kier alpha value is -4.26. The van der Waals surface area contributed by atoms with Gasteiger partial charge in [-0.05, 0) is 12.1 Å². The van der Waals surface area contributed by atoms with E-state index in [1.807, 2.05) is 12.1 Å². The second-order valence-electron chi connectivity index (χ2n) is 6.32. The number of ether oxygens (including phenoxy) is 2. The van der Waals surface area contributed by atoms with Gasteiger partial charge in [-0.15, -0.1) is 5.10 Å². The zero-order valence-electron chi connectivity index (χ0n) is 17.0. The Kier molecular flexibility index (Phi) is 6.90. The van der Waals surface area contributed by atoms with E-state index in [1.54, 1.807) is 54.6 Å². The predicted octanol–water partition coefficient (Wildman–Crippen LogP) is 4.11. The lowest BCUT2D eigenvalue weighted by molar-refractivity contribution is 0.0692. The van der Waals surface area contributed by atoms with E-state index in [2.05, 4.69) is 10.2 Å². The van der Waals surface area contributed by atoms with Gasteiger partial charge >= 0.3 is 5.97 Å². The molecule has 0 fully saturated rings. The Balaban J connectivity index is 2.05. The molecule has 0 amide bonds. The Bertz CT molecular complexity index is 1140. The van der Waals surface area contributed by atoms with Crippen LogP contribution in [0.1, 0.15) is 31.8 Å². The van der Waals surface area contributed by atoms with Crippen LogP contribution in [0.5, 0.6) is 11.5 Å². The highest BCUT2D eigenvalue weighted by molar-refractivity contribution is 6.51. The number of nitrogens with zero attached hydrogens (tertiary/aromatic N) is 2. The molecule has 156 valence electrons.